The van der Waals surface area contributed by atoms with Gasteiger partial charge in [0.2, 0.25) is 6.23 Å². The number of halogens is 1. The Morgan fingerprint density at radius 3 is 2.68 bits per heavy atom. The quantitative estimate of drug-likeness (QED) is 0.752. The van der Waals surface area contributed by atoms with Gasteiger partial charge < -0.3 is 19.1 Å². The van der Waals surface area contributed by atoms with Crippen LogP contribution in [-0.2, 0) is 19.0 Å². The second-order valence-corrected chi connectivity index (χ2v) is 5.81. The number of ether oxygens (including phenoxy) is 3. The molecule has 0 aromatic heterocycles. The molecule has 1 saturated heterocycles. The van der Waals surface area contributed by atoms with E-state index in [4.69, 9.17) is 25.8 Å². The molecule has 0 bridgehead atoms. The van der Waals surface area contributed by atoms with Gasteiger partial charge in [-0.1, -0.05) is 11.6 Å². The van der Waals surface area contributed by atoms with Crippen molar-refractivity contribution in [3.63, 3.8) is 0 Å². The molecule has 2 rings (SSSR count). The van der Waals surface area contributed by atoms with Gasteiger partial charge in [-0.25, -0.2) is 4.79 Å². The average Bonchev–Trinajstić information content (AvgIpc) is 2.90. The van der Waals surface area contributed by atoms with E-state index in [0.717, 1.165) is 5.69 Å². The van der Waals surface area contributed by atoms with E-state index in [1.54, 1.807) is 19.1 Å². The van der Waals surface area contributed by atoms with Crippen molar-refractivity contribution in [1.82, 2.24) is 0 Å². The van der Waals surface area contributed by atoms with Crippen LogP contribution in [0.5, 0.6) is 0 Å². The predicted octanol–water partition coefficient (Wildman–Crippen LogP) is 2.86. The molecule has 5 nitrogen and oxygen atoms in total. The van der Waals surface area contributed by atoms with Crippen LogP contribution >= 0.6 is 11.6 Å². The van der Waals surface area contributed by atoms with Gasteiger partial charge in [-0.05, 0) is 45.0 Å². The van der Waals surface area contributed by atoms with E-state index in [-0.39, 0.29) is 18.2 Å². The molecule has 1 aromatic carbocycles. The molecular formula is C16H22ClNO4. The maximum absolute atomic E-state index is 12.1. The Balaban J connectivity index is 2.12. The highest BCUT2D eigenvalue weighted by atomic mass is 35.5. The SMILES string of the molecule is CCOC(=O)C1O[C@@H](COC(C)C)CN1c1ccc(Cl)cc1. The lowest BCUT2D eigenvalue weighted by molar-refractivity contribution is -0.156. The number of anilines is 1. The van der Waals surface area contributed by atoms with Crippen LogP contribution in [0.2, 0.25) is 5.02 Å². The van der Waals surface area contributed by atoms with Crippen LogP contribution in [0.15, 0.2) is 24.3 Å². The second-order valence-electron chi connectivity index (χ2n) is 5.37. The monoisotopic (exact) mass is 327 g/mol. The van der Waals surface area contributed by atoms with Gasteiger partial charge in [0.15, 0.2) is 0 Å². The lowest BCUT2D eigenvalue weighted by atomic mass is 10.2. The van der Waals surface area contributed by atoms with Crippen molar-refractivity contribution in [2.45, 2.75) is 39.2 Å². The molecule has 1 unspecified atom stereocenters. The first-order chi connectivity index (χ1) is 10.5. The Kier molecular flexibility index (Phi) is 6.06. The molecule has 0 saturated carbocycles. The fourth-order valence-corrected chi connectivity index (χ4v) is 2.40. The number of hydrogen-bond donors (Lipinski definition) is 0. The zero-order valence-corrected chi connectivity index (χ0v) is 13.9. The minimum atomic E-state index is -0.748. The summed E-state index contributed by atoms with van der Waals surface area (Å²) in [6.07, 6.45) is -0.802. The van der Waals surface area contributed by atoms with Gasteiger partial charge in [-0.2, -0.15) is 0 Å². The summed E-state index contributed by atoms with van der Waals surface area (Å²) >= 11 is 5.92. The zero-order chi connectivity index (χ0) is 16.1. The van der Waals surface area contributed by atoms with Gasteiger partial charge in [0.05, 0.1) is 19.3 Å². The number of nitrogens with zero attached hydrogens (tertiary/aromatic N) is 1. The predicted molar refractivity (Wildman–Crippen MR) is 85.2 cm³/mol. The largest absolute Gasteiger partial charge is 0.463 e. The topological polar surface area (TPSA) is 48.0 Å². The molecule has 122 valence electrons. The van der Waals surface area contributed by atoms with E-state index in [2.05, 4.69) is 0 Å². The highest BCUT2D eigenvalue weighted by molar-refractivity contribution is 6.30. The Hall–Kier alpha value is -1.30. The summed E-state index contributed by atoms with van der Waals surface area (Å²) in [5.74, 6) is -0.385. The Bertz CT molecular complexity index is 491. The van der Waals surface area contributed by atoms with Gasteiger partial charge in [0.1, 0.15) is 6.10 Å². The number of esters is 1. The van der Waals surface area contributed by atoms with Crippen molar-refractivity contribution < 1.29 is 19.0 Å². The van der Waals surface area contributed by atoms with Gasteiger partial charge in [0, 0.05) is 17.3 Å². The molecule has 1 aliphatic heterocycles. The minimum Gasteiger partial charge on any atom is -0.463 e. The van der Waals surface area contributed by atoms with E-state index in [0.29, 0.717) is 24.8 Å². The highest BCUT2D eigenvalue weighted by Gasteiger charge is 2.39. The molecule has 6 heteroatoms. The van der Waals surface area contributed by atoms with Crippen molar-refractivity contribution in [2.75, 3.05) is 24.7 Å². The third kappa shape index (κ3) is 4.35. The van der Waals surface area contributed by atoms with Crippen molar-refractivity contribution in [2.24, 2.45) is 0 Å². The van der Waals surface area contributed by atoms with Crippen LogP contribution < -0.4 is 4.90 Å². The van der Waals surface area contributed by atoms with E-state index in [1.165, 1.54) is 0 Å². The molecule has 1 aliphatic rings. The van der Waals surface area contributed by atoms with E-state index >= 15 is 0 Å². The van der Waals surface area contributed by atoms with Crippen LogP contribution in [0.1, 0.15) is 20.8 Å². The standard InChI is InChI=1S/C16H22ClNO4/c1-4-20-16(19)15-18(13-7-5-12(17)6-8-13)9-14(22-15)10-21-11(2)3/h5-8,11,14-15H,4,9-10H2,1-3H3/t14-,15?/m1/s1. The van der Waals surface area contributed by atoms with Crippen molar-refractivity contribution >= 4 is 23.3 Å². The van der Waals surface area contributed by atoms with E-state index in [9.17, 15) is 4.79 Å². The van der Waals surface area contributed by atoms with Crippen molar-refractivity contribution in [3.8, 4) is 0 Å². The zero-order valence-electron chi connectivity index (χ0n) is 13.1. The number of benzene rings is 1. The molecule has 0 amide bonds. The maximum Gasteiger partial charge on any atom is 0.356 e. The molecule has 1 heterocycles. The van der Waals surface area contributed by atoms with Gasteiger partial charge in [0.25, 0.3) is 0 Å². The average molecular weight is 328 g/mol. The number of carbonyl (C=O) groups excluding carboxylic acids is 1. The van der Waals surface area contributed by atoms with Crippen LogP contribution in [0.25, 0.3) is 0 Å². The third-order valence-electron chi connectivity index (χ3n) is 3.27. The lowest BCUT2D eigenvalue weighted by Gasteiger charge is -2.23. The smallest absolute Gasteiger partial charge is 0.356 e. The first kappa shape index (κ1) is 17.1. The lowest BCUT2D eigenvalue weighted by Crippen LogP contribution is -2.38. The van der Waals surface area contributed by atoms with E-state index in [1.807, 2.05) is 30.9 Å². The Labute approximate surface area is 136 Å². The third-order valence-corrected chi connectivity index (χ3v) is 3.52. The first-order valence-corrected chi connectivity index (χ1v) is 7.85. The van der Waals surface area contributed by atoms with Crippen LogP contribution in [-0.4, -0.2) is 44.2 Å². The maximum atomic E-state index is 12.1. The fourth-order valence-electron chi connectivity index (χ4n) is 2.28. The molecule has 1 fully saturated rings. The highest BCUT2D eigenvalue weighted by Crippen LogP contribution is 2.27. The summed E-state index contributed by atoms with van der Waals surface area (Å²) in [5.41, 5.74) is 0.870. The molecule has 0 radical (unpaired) electrons. The van der Waals surface area contributed by atoms with Crippen LogP contribution in [0, 0.1) is 0 Å². The van der Waals surface area contributed by atoms with Gasteiger partial charge in [-0.15, -0.1) is 0 Å². The molecule has 2 atom stereocenters. The van der Waals surface area contributed by atoms with E-state index < -0.39 is 6.23 Å². The summed E-state index contributed by atoms with van der Waals surface area (Å²) in [4.78, 5) is 14.0. The molecule has 0 spiro atoms. The molecule has 22 heavy (non-hydrogen) atoms. The number of carbonyl (C=O) groups is 1. The Morgan fingerprint density at radius 2 is 2.09 bits per heavy atom. The molecule has 1 aromatic rings. The van der Waals surface area contributed by atoms with Gasteiger partial charge >= 0.3 is 5.97 Å². The summed E-state index contributed by atoms with van der Waals surface area (Å²) in [6.45, 7) is 7.04. The molecular weight excluding hydrogens is 306 g/mol. The minimum absolute atomic E-state index is 0.120. The normalized spacial score (nSPS) is 21.4. The van der Waals surface area contributed by atoms with Crippen LogP contribution in [0.3, 0.4) is 0 Å². The molecule has 0 N–H and O–H groups in total. The summed E-state index contributed by atoms with van der Waals surface area (Å²) in [6, 6.07) is 7.31. The van der Waals surface area contributed by atoms with Gasteiger partial charge in [-0.3, -0.25) is 0 Å². The summed E-state index contributed by atoms with van der Waals surface area (Å²) in [5, 5.41) is 0.649. The number of rotatable bonds is 6. The van der Waals surface area contributed by atoms with Crippen LogP contribution in [0.4, 0.5) is 5.69 Å². The Morgan fingerprint density at radius 1 is 1.41 bits per heavy atom. The summed E-state index contributed by atoms with van der Waals surface area (Å²) < 4.78 is 16.5. The second kappa shape index (κ2) is 7.81. The van der Waals surface area contributed by atoms with Crippen molar-refractivity contribution in [3.05, 3.63) is 29.3 Å². The van der Waals surface area contributed by atoms with Crippen molar-refractivity contribution in [1.29, 1.82) is 0 Å². The number of hydrogen-bond acceptors (Lipinski definition) is 5. The molecule has 0 aliphatic carbocycles. The fraction of sp³-hybridized carbons (Fsp3) is 0.562. The first-order valence-electron chi connectivity index (χ1n) is 7.47. The summed E-state index contributed by atoms with van der Waals surface area (Å²) in [7, 11) is 0.